The molecule has 0 saturated carbocycles. The van der Waals surface area contributed by atoms with Crippen LogP contribution in [0.3, 0.4) is 0 Å². The van der Waals surface area contributed by atoms with Crippen LogP contribution in [0.25, 0.3) is 11.6 Å². The number of phenolic OH excluding ortho intramolecular Hbond substituents is 1. The zero-order chi connectivity index (χ0) is 20.5. The number of hydrogen-bond acceptors (Lipinski definition) is 7. The molecular weight excluding hydrogens is 410 g/mol. The number of aliphatic imine (C=N–C) groups is 1. The molecule has 0 spiro atoms. The van der Waals surface area contributed by atoms with Gasteiger partial charge in [-0.25, -0.2) is 0 Å². The van der Waals surface area contributed by atoms with Crippen LogP contribution in [0.4, 0.5) is 5.69 Å². The van der Waals surface area contributed by atoms with E-state index in [1.807, 2.05) is 18.2 Å². The fourth-order valence-corrected chi connectivity index (χ4v) is 3.99. The van der Waals surface area contributed by atoms with Crippen molar-refractivity contribution in [3.05, 3.63) is 62.4 Å². The second kappa shape index (κ2) is 7.53. The quantitative estimate of drug-likeness (QED) is 0.541. The Kier molecular flexibility index (Phi) is 4.91. The predicted molar refractivity (Wildman–Crippen MR) is 116 cm³/mol. The van der Waals surface area contributed by atoms with E-state index < -0.39 is 5.91 Å². The molecule has 0 atom stereocenters. The average Bonchev–Trinajstić information content (AvgIpc) is 3.24. The third-order valence-corrected chi connectivity index (χ3v) is 5.61. The van der Waals surface area contributed by atoms with Crippen molar-refractivity contribution in [1.82, 2.24) is 4.68 Å². The van der Waals surface area contributed by atoms with Gasteiger partial charge in [-0.1, -0.05) is 11.3 Å². The molecule has 7 nitrogen and oxygen atoms in total. The standard InChI is InChI=1S/C20H15N3O4S2/c1-27-14-6-7-15-12(10-21-16(15)9-14)8-17-19(26)23(20(28)29-17)22-18(25)11-2-4-13(24)5-3-11/h2-10,24,26H,1H3,(H,22,25). The lowest BCUT2D eigenvalue weighted by Crippen LogP contribution is -2.22. The molecule has 29 heavy (non-hydrogen) atoms. The summed E-state index contributed by atoms with van der Waals surface area (Å²) in [5.41, 5.74) is 5.38. The van der Waals surface area contributed by atoms with Gasteiger partial charge in [0, 0.05) is 29.0 Å². The number of thiazole rings is 1. The molecule has 4 rings (SSSR count). The van der Waals surface area contributed by atoms with Gasteiger partial charge in [-0.2, -0.15) is 4.68 Å². The maximum Gasteiger partial charge on any atom is 0.270 e. The molecule has 9 heteroatoms. The maximum atomic E-state index is 12.4. The number of rotatable bonds is 4. The molecule has 3 aromatic rings. The van der Waals surface area contributed by atoms with Crippen molar-refractivity contribution in [2.24, 2.45) is 4.99 Å². The molecule has 1 aromatic heterocycles. The first kappa shape index (κ1) is 18.9. The smallest absolute Gasteiger partial charge is 0.270 e. The first-order valence-electron chi connectivity index (χ1n) is 8.45. The van der Waals surface area contributed by atoms with E-state index >= 15 is 0 Å². The van der Waals surface area contributed by atoms with Gasteiger partial charge in [-0.05, 0) is 54.7 Å². The minimum absolute atomic E-state index is 0.0570. The Bertz CT molecular complexity index is 1220. The van der Waals surface area contributed by atoms with E-state index in [1.54, 1.807) is 19.4 Å². The number of benzene rings is 2. The lowest BCUT2D eigenvalue weighted by atomic mass is 10.1. The fraction of sp³-hybridized carbons (Fsp3) is 0.0500. The minimum Gasteiger partial charge on any atom is -0.508 e. The summed E-state index contributed by atoms with van der Waals surface area (Å²) < 4.78 is 6.65. The van der Waals surface area contributed by atoms with E-state index in [-0.39, 0.29) is 15.6 Å². The summed E-state index contributed by atoms with van der Waals surface area (Å²) in [6, 6.07) is 11.3. The van der Waals surface area contributed by atoms with Crippen LogP contribution in [0, 0.1) is 3.95 Å². The Morgan fingerprint density at radius 3 is 2.72 bits per heavy atom. The van der Waals surface area contributed by atoms with Gasteiger partial charge < -0.3 is 14.9 Å². The fourth-order valence-electron chi connectivity index (χ4n) is 2.81. The van der Waals surface area contributed by atoms with Crippen LogP contribution in [0.2, 0.25) is 0 Å². The van der Waals surface area contributed by atoms with Crippen molar-refractivity contribution < 1.29 is 19.7 Å². The highest BCUT2D eigenvalue weighted by atomic mass is 32.1. The van der Waals surface area contributed by atoms with Crippen LogP contribution in [-0.4, -0.2) is 34.1 Å². The molecule has 3 N–H and O–H groups in total. The zero-order valence-electron chi connectivity index (χ0n) is 15.1. The topological polar surface area (TPSA) is 96.1 Å². The van der Waals surface area contributed by atoms with Crippen molar-refractivity contribution in [3.8, 4) is 17.4 Å². The van der Waals surface area contributed by atoms with Gasteiger partial charge in [0.25, 0.3) is 5.91 Å². The number of nitrogens with zero attached hydrogens (tertiary/aromatic N) is 2. The van der Waals surface area contributed by atoms with Crippen LogP contribution >= 0.6 is 23.6 Å². The number of methoxy groups -OCH3 is 1. The van der Waals surface area contributed by atoms with Crippen LogP contribution in [0.15, 0.2) is 47.5 Å². The summed E-state index contributed by atoms with van der Waals surface area (Å²) in [5.74, 6) is 0.133. The van der Waals surface area contributed by atoms with Gasteiger partial charge in [0.1, 0.15) is 11.5 Å². The third-order valence-electron chi connectivity index (χ3n) is 4.30. The molecule has 1 amide bonds. The number of ether oxygens (including phenoxy) is 1. The average molecular weight is 425 g/mol. The summed E-state index contributed by atoms with van der Waals surface area (Å²) in [6.07, 6.45) is 3.46. The summed E-state index contributed by atoms with van der Waals surface area (Å²) >= 11 is 6.45. The number of carbonyl (C=O) groups excluding carboxylic acids is 1. The molecule has 0 aliphatic carbocycles. The number of allylic oxidation sites excluding steroid dienone is 1. The molecule has 0 bridgehead atoms. The van der Waals surface area contributed by atoms with Gasteiger partial charge >= 0.3 is 0 Å². The molecule has 0 radical (unpaired) electrons. The molecule has 1 aliphatic heterocycles. The number of fused-ring (bicyclic) bond motifs is 1. The van der Waals surface area contributed by atoms with Crippen LogP contribution in [-0.2, 0) is 0 Å². The highest BCUT2D eigenvalue weighted by molar-refractivity contribution is 7.73. The highest BCUT2D eigenvalue weighted by Gasteiger charge is 2.17. The molecule has 1 aliphatic rings. The summed E-state index contributed by atoms with van der Waals surface area (Å²) in [4.78, 5) is 17.3. The maximum absolute atomic E-state index is 12.4. The zero-order valence-corrected chi connectivity index (χ0v) is 16.8. The van der Waals surface area contributed by atoms with E-state index in [4.69, 9.17) is 17.0 Å². The molecule has 0 unspecified atom stereocenters. The van der Waals surface area contributed by atoms with Crippen LogP contribution in [0.5, 0.6) is 17.4 Å². The van der Waals surface area contributed by atoms with Gasteiger partial charge in [-0.15, -0.1) is 0 Å². The second-order valence-electron chi connectivity index (χ2n) is 6.12. The number of amides is 1. The number of nitrogens with one attached hydrogen (secondary N) is 1. The summed E-state index contributed by atoms with van der Waals surface area (Å²) in [7, 11) is 1.59. The second-order valence-corrected chi connectivity index (χ2v) is 7.80. The monoisotopic (exact) mass is 425 g/mol. The Labute approximate surface area is 174 Å². The Morgan fingerprint density at radius 2 is 2.00 bits per heavy atom. The molecular formula is C20H15N3O4S2. The lowest BCUT2D eigenvalue weighted by Gasteiger charge is -2.07. The van der Waals surface area contributed by atoms with E-state index in [9.17, 15) is 15.0 Å². The van der Waals surface area contributed by atoms with Crippen LogP contribution in [0.1, 0.15) is 20.8 Å². The largest absolute Gasteiger partial charge is 0.508 e. The predicted octanol–water partition coefficient (Wildman–Crippen LogP) is 4.34. The third kappa shape index (κ3) is 3.65. The van der Waals surface area contributed by atoms with Gasteiger partial charge in [0.15, 0.2) is 3.95 Å². The number of hydrogen-bond donors (Lipinski definition) is 3. The Balaban J connectivity index is 1.63. The van der Waals surface area contributed by atoms with Crippen molar-refractivity contribution in [2.45, 2.75) is 0 Å². The van der Waals surface area contributed by atoms with Crippen molar-refractivity contribution in [1.29, 1.82) is 0 Å². The van der Waals surface area contributed by atoms with Crippen molar-refractivity contribution in [2.75, 3.05) is 12.5 Å². The molecule has 2 heterocycles. The molecule has 0 saturated heterocycles. The lowest BCUT2D eigenvalue weighted by molar-refractivity contribution is 0.101. The minimum atomic E-state index is -0.465. The normalized spacial score (nSPS) is 13.5. The van der Waals surface area contributed by atoms with Gasteiger partial charge in [0.2, 0.25) is 5.88 Å². The number of aromatic nitrogens is 1. The SMILES string of the molecule is COc1ccc2c(c1)N=CC2=Cc1sc(=S)n(NC(=O)c2ccc(O)cc2)c1O. The number of aromatic hydroxyl groups is 2. The number of carbonyl (C=O) groups is 1. The van der Waals surface area contributed by atoms with Gasteiger partial charge in [0.05, 0.1) is 17.7 Å². The van der Waals surface area contributed by atoms with Crippen molar-refractivity contribution in [3.63, 3.8) is 0 Å². The van der Waals surface area contributed by atoms with E-state index in [0.717, 1.165) is 32.8 Å². The molecule has 2 aromatic carbocycles. The summed E-state index contributed by atoms with van der Waals surface area (Å²) in [6.45, 7) is 0. The first-order valence-corrected chi connectivity index (χ1v) is 9.68. The van der Waals surface area contributed by atoms with Crippen molar-refractivity contribution >= 4 is 53.0 Å². The van der Waals surface area contributed by atoms with E-state index in [1.165, 1.54) is 24.3 Å². The molecule has 0 fully saturated rings. The van der Waals surface area contributed by atoms with Gasteiger partial charge in [-0.3, -0.25) is 15.2 Å². The highest BCUT2D eigenvalue weighted by Crippen LogP contribution is 2.37. The Hall–Kier alpha value is -3.43. The van der Waals surface area contributed by atoms with Crippen LogP contribution < -0.4 is 10.2 Å². The molecule has 146 valence electrons. The Morgan fingerprint density at radius 1 is 1.24 bits per heavy atom. The first-order chi connectivity index (χ1) is 14.0. The summed E-state index contributed by atoms with van der Waals surface area (Å²) in [5, 5.41) is 19.9. The number of phenols is 1. The van der Waals surface area contributed by atoms with E-state index in [0.29, 0.717) is 16.2 Å². The van der Waals surface area contributed by atoms with E-state index in [2.05, 4.69) is 10.4 Å².